The molecule has 108 valence electrons. The Labute approximate surface area is 126 Å². The number of hydrogen-bond donors (Lipinski definition) is 0. The molecule has 4 nitrogen and oxygen atoms in total. The lowest BCUT2D eigenvalue weighted by Gasteiger charge is -2.30. The van der Waals surface area contributed by atoms with Crippen molar-refractivity contribution in [1.29, 1.82) is 0 Å². The molecule has 0 N–H and O–H groups in total. The number of sulfonamides is 1. The van der Waals surface area contributed by atoms with Gasteiger partial charge in [0.25, 0.3) is 10.0 Å². The number of hydrogen-bond acceptors (Lipinski definition) is 4. The summed E-state index contributed by atoms with van der Waals surface area (Å²) in [6.07, 6.45) is 1.75. The van der Waals surface area contributed by atoms with Crippen LogP contribution >= 0.6 is 27.3 Å². The van der Waals surface area contributed by atoms with Crippen LogP contribution in [0.5, 0.6) is 0 Å². The molecule has 0 bridgehead atoms. The van der Waals surface area contributed by atoms with Crippen LogP contribution in [0.2, 0.25) is 0 Å². The fourth-order valence-electron chi connectivity index (χ4n) is 2.24. The third kappa shape index (κ3) is 3.39. The molecule has 0 aromatic carbocycles. The Bertz CT molecular complexity index is 514. The van der Waals surface area contributed by atoms with Gasteiger partial charge in [-0.05, 0) is 53.2 Å². The van der Waals surface area contributed by atoms with Crippen LogP contribution in [0.3, 0.4) is 0 Å². The van der Waals surface area contributed by atoms with Crippen LogP contribution in [-0.2, 0) is 14.8 Å². The minimum absolute atomic E-state index is 0.432. The molecule has 0 spiro atoms. The second-order valence-corrected chi connectivity index (χ2v) is 9.36. The molecule has 1 aromatic rings. The van der Waals surface area contributed by atoms with Crippen molar-refractivity contribution in [1.82, 2.24) is 4.31 Å². The summed E-state index contributed by atoms with van der Waals surface area (Å²) in [5, 5.41) is 0. The molecular formula is C12H18BrNO3S2. The van der Waals surface area contributed by atoms with E-state index >= 15 is 0 Å². The second-order valence-electron chi connectivity index (χ2n) is 4.82. The lowest BCUT2D eigenvalue weighted by Crippen LogP contribution is -2.39. The average Bonchev–Trinajstić information content (AvgIpc) is 2.71. The molecule has 1 aliphatic rings. The van der Waals surface area contributed by atoms with Gasteiger partial charge >= 0.3 is 0 Å². The van der Waals surface area contributed by atoms with Gasteiger partial charge in [0, 0.05) is 26.8 Å². The highest BCUT2D eigenvalue weighted by Crippen LogP contribution is 2.33. The molecule has 1 aliphatic heterocycles. The predicted molar refractivity (Wildman–Crippen MR) is 80.1 cm³/mol. The third-order valence-electron chi connectivity index (χ3n) is 3.40. The molecule has 7 heteroatoms. The summed E-state index contributed by atoms with van der Waals surface area (Å²) in [7, 11) is -1.63. The zero-order valence-electron chi connectivity index (χ0n) is 11.1. The third-order valence-corrected chi connectivity index (χ3v) is 7.89. The van der Waals surface area contributed by atoms with Crippen molar-refractivity contribution in [2.24, 2.45) is 5.92 Å². The number of rotatable bonds is 4. The maximum Gasteiger partial charge on any atom is 0.252 e. The Morgan fingerprint density at radius 2 is 2.11 bits per heavy atom. The van der Waals surface area contributed by atoms with E-state index in [4.69, 9.17) is 4.74 Å². The number of halogens is 1. The number of methoxy groups -OCH3 is 1. The molecule has 0 unspecified atom stereocenters. The van der Waals surface area contributed by atoms with E-state index in [9.17, 15) is 8.42 Å². The first-order chi connectivity index (χ1) is 8.95. The van der Waals surface area contributed by atoms with Gasteiger partial charge in [0.2, 0.25) is 0 Å². The zero-order chi connectivity index (χ0) is 14.0. The molecule has 0 aliphatic carbocycles. The van der Waals surface area contributed by atoms with Crippen LogP contribution < -0.4 is 0 Å². The van der Waals surface area contributed by atoms with Crippen molar-refractivity contribution in [3.8, 4) is 0 Å². The Kier molecular flexibility index (Phi) is 5.05. The maximum absolute atomic E-state index is 12.5. The van der Waals surface area contributed by atoms with Gasteiger partial charge in [0.05, 0.1) is 3.79 Å². The first-order valence-corrected chi connectivity index (χ1v) is 9.25. The summed E-state index contributed by atoms with van der Waals surface area (Å²) in [6, 6.07) is 1.74. The molecule has 1 fully saturated rings. The first-order valence-electron chi connectivity index (χ1n) is 6.20. The van der Waals surface area contributed by atoms with Gasteiger partial charge in [-0.2, -0.15) is 4.31 Å². The molecule has 0 atom stereocenters. The fourth-order valence-corrected chi connectivity index (χ4v) is 6.09. The summed E-state index contributed by atoms with van der Waals surface area (Å²) < 4.78 is 33.1. The van der Waals surface area contributed by atoms with Crippen LogP contribution in [-0.4, -0.2) is 39.5 Å². The molecule has 2 rings (SSSR count). The van der Waals surface area contributed by atoms with Crippen LogP contribution in [0.15, 0.2) is 14.1 Å². The second kappa shape index (κ2) is 6.22. The molecule has 0 saturated carbocycles. The van der Waals surface area contributed by atoms with Crippen molar-refractivity contribution in [2.45, 2.75) is 24.0 Å². The lowest BCUT2D eigenvalue weighted by molar-refractivity contribution is 0.121. The molecule has 1 aromatic heterocycles. The Morgan fingerprint density at radius 3 is 2.58 bits per heavy atom. The standard InChI is InChI=1S/C12H18BrNO3S2/c1-9-7-11(18-12(9)13)19(15,16)14-5-3-10(4-6-14)8-17-2/h7,10H,3-6,8H2,1-2H3. The summed E-state index contributed by atoms with van der Waals surface area (Å²) in [5.74, 6) is 0.480. The normalized spacial score (nSPS) is 18.9. The minimum Gasteiger partial charge on any atom is -0.384 e. The molecule has 0 amide bonds. The summed E-state index contributed by atoms with van der Waals surface area (Å²) in [4.78, 5) is 0. The van der Waals surface area contributed by atoms with Gasteiger partial charge in [0.15, 0.2) is 0 Å². The van der Waals surface area contributed by atoms with Crippen LogP contribution in [0, 0.1) is 12.8 Å². The predicted octanol–water partition coefficient (Wildman–Crippen LogP) is 2.87. The van der Waals surface area contributed by atoms with Gasteiger partial charge < -0.3 is 4.74 Å². The quantitative estimate of drug-likeness (QED) is 0.821. The van der Waals surface area contributed by atoms with E-state index in [0.717, 1.165) is 28.8 Å². The van der Waals surface area contributed by atoms with Gasteiger partial charge in [-0.3, -0.25) is 0 Å². The number of nitrogens with zero attached hydrogens (tertiary/aromatic N) is 1. The van der Waals surface area contributed by atoms with Crippen LogP contribution in [0.4, 0.5) is 0 Å². The van der Waals surface area contributed by atoms with Gasteiger partial charge in [0.1, 0.15) is 4.21 Å². The Morgan fingerprint density at radius 1 is 1.47 bits per heavy atom. The highest BCUT2D eigenvalue weighted by molar-refractivity contribution is 9.11. The Balaban J connectivity index is 2.09. The van der Waals surface area contributed by atoms with E-state index in [1.165, 1.54) is 11.3 Å². The number of aryl methyl sites for hydroxylation is 1. The molecule has 19 heavy (non-hydrogen) atoms. The highest BCUT2D eigenvalue weighted by atomic mass is 79.9. The van der Waals surface area contributed by atoms with E-state index in [1.807, 2.05) is 6.92 Å². The lowest BCUT2D eigenvalue weighted by atomic mass is 9.99. The number of thiophene rings is 1. The van der Waals surface area contributed by atoms with Crippen molar-refractivity contribution >= 4 is 37.3 Å². The summed E-state index contributed by atoms with van der Waals surface area (Å²) in [5.41, 5.74) is 0.970. The molecular weight excluding hydrogens is 350 g/mol. The van der Waals surface area contributed by atoms with Crippen molar-refractivity contribution < 1.29 is 13.2 Å². The van der Waals surface area contributed by atoms with Crippen molar-refractivity contribution in [3.63, 3.8) is 0 Å². The number of ether oxygens (including phenoxy) is 1. The van der Waals surface area contributed by atoms with Gasteiger partial charge in [-0.1, -0.05) is 0 Å². The fraction of sp³-hybridized carbons (Fsp3) is 0.667. The van der Waals surface area contributed by atoms with E-state index in [2.05, 4.69) is 15.9 Å². The zero-order valence-corrected chi connectivity index (χ0v) is 14.3. The smallest absolute Gasteiger partial charge is 0.252 e. The highest BCUT2D eigenvalue weighted by Gasteiger charge is 2.30. The summed E-state index contributed by atoms with van der Waals surface area (Å²) >= 11 is 4.67. The van der Waals surface area contributed by atoms with E-state index in [-0.39, 0.29) is 0 Å². The van der Waals surface area contributed by atoms with Crippen molar-refractivity contribution in [3.05, 3.63) is 15.4 Å². The average molecular weight is 368 g/mol. The molecule has 2 heterocycles. The van der Waals surface area contributed by atoms with Gasteiger partial charge in [-0.15, -0.1) is 11.3 Å². The first kappa shape index (κ1) is 15.4. The van der Waals surface area contributed by atoms with E-state index in [0.29, 0.717) is 23.2 Å². The molecule has 1 saturated heterocycles. The van der Waals surface area contributed by atoms with Gasteiger partial charge in [-0.25, -0.2) is 8.42 Å². The monoisotopic (exact) mass is 367 g/mol. The largest absolute Gasteiger partial charge is 0.384 e. The Hall–Kier alpha value is 0.0500. The topological polar surface area (TPSA) is 46.6 Å². The number of piperidine rings is 1. The van der Waals surface area contributed by atoms with Crippen molar-refractivity contribution in [2.75, 3.05) is 26.8 Å². The van der Waals surface area contributed by atoms with Crippen LogP contribution in [0.1, 0.15) is 18.4 Å². The van der Waals surface area contributed by atoms with E-state index in [1.54, 1.807) is 17.5 Å². The van der Waals surface area contributed by atoms with Crippen LogP contribution in [0.25, 0.3) is 0 Å². The van der Waals surface area contributed by atoms with E-state index < -0.39 is 10.0 Å². The minimum atomic E-state index is -3.32. The summed E-state index contributed by atoms with van der Waals surface area (Å²) in [6.45, 7) is 3.80. The molecule has 0 radical (unpaired) electrons. The maximum atomic E-state index is 12.5. The SMILES string of the molecule is COCC1CCN(S(=O)(=O)c2cc(C)c(Br)s2)CC1.